The van der Waals surface area contributed by atoms with E-state index in [0.717, 1.165) is 21.7 Å². The lowest BCUT2D eigenvalue weighted by Crippen LogP contribution is -2.27. The number of para-hydroxylation sites is 1. The Labute approximate surface area is 175 Å². The maximum atomic E-state index is 12.6. The van der Waals surface area contributed by atoms with Gasteiger partial charge in [0, 0.05) is 5.69 Å². The van der Waals surface area contributed by atoms with Gasteiger partial charge in [0.05, 0.1) is 12.7 Å². The van der Waals surface area contributed by atoms with Gasteiger partial charge in [-0.15, -0.1) is 5.10 Å². The number of nitrogens with one attached hydrogen (secondary N) is 1. The third kappa shape index (κ3) is 4.42. The van der Waals surface area contributed by atoms with Crippen molar-refractivity contribution in [3.05, 3.63) is 53.1 Å². The smallest absolute Gasteiger partial charge is 0.337 e. The summed E-state index contributed by atoms with van der Waals surface area (Å²) < 4.78 is 4.73. The molecule has 8 heteroatoms. The average Bonchev–Trinajstić information content (AvgIpc) is 3.13. The first-order valence-electron chi connectivity index (χ1n) is 9.81. The van der Waals surface area contributed by atoms with Crippen molar-refractivity contribution in [3.8, 4) is 0 Å². The second kappa shape index (κ2) is 8.94. The van der Waals surface area contributed by atoms with Gasteiger partial charge >= 0.3 is 5.97 Å². The Kier molecular flexibility index (Phi) is 6.34. The van der Waals surface area contributed by atoms with Crippen LogP contribution in [0, 0.1) is 0 Å². The summed E-state index contributed by atoms with van der Waals surface area (Å²) >= 11 is 0. The first kappa shape index (κ1) is 21.3. The number of hydrogen-bond donors (Lipinski definition) is 1. The lowest BCUT2D eigenvalue weighted by atomic mass is 9.92. The van der Waals surface area contributed by atoms with Crippen molar-refractivity contribution < 1.29 is 19.2 Å². The van der Waals surface area contributed by atoms with Gasteiger partial charge in [-0.3, -0.25) is 4.79 Å². The third-order valence-corrected chi connectivity index (χ3v) is 4.79. The summed E-state index contributed by atoms with van der Waals surface area (Å²) in [7, 11) is 1.31. The molecule has 0 spiro atoms. The van der Waals surface area contributed by atoms with Crippen molar-refractivity contribution in [1.29, 1.82) is 0 Å². The number of anilines is 1. The van der Waals surface area contributed by atoms with Crippen LogP contribution in [0.4, 0.5) is 5.69 Å². The summed E-state index contributed by atoms with van der Waals surface area (Å²) in [4.78, 5) is 31.1. The van der Waals surface area contributed by atoms with Gasteiger partial charge in [0.15, 0.2) is 6.61 Å². The van der Waals surface area contributed by atoms with Crippen LogP contribution in [0.3, 0.4) is 0 Å². The quantitative estimate of drug-likeness (QED) is 0.599. The fraction of sp³-hybridized carbons (Fsp3) is 0.364. The van der Waals surface area contributed by atoms with Crippen molar-refractivity contribution in [1.82, 2.24) is 15.2 Å². The minimum Gasteiger partial charge on any atom is -0.465 e. The molecule has 0 aliphatic rings. The van der Waals surface area contributed by atoms with Crippen LogP contribution >= 0.6 is 0 Å². The molecule has 158 valence electrons. The standard InChI is InChI=1S/C22H26N4O4/c1-13(2)16-7-6-8-17(14(3)4)21(16)23-20(27)12-30-26-19-11-15(22(28)29-5)9-10-18(19)24-25-26/h6-11,13-14H,12H2,1-5H3,(H,23,27). The van der Waals surface area contributed by atoms with Crippen LogP contribution in [-0.2, 0) is 9.53 Å². The Morgan fingerprint density at radius 1 is 1.07 bits per heavy atom. The summed E-state index contributed by atoms with van der Waals surface area (Å²) in [5.41, 5.74) is 4.32. The Bertz CT molecular complexity index is 1050. The Morgan fingerprint density at radius 3 is 2.33 bits per heavy atom. The number of benzene rings is 2. The van der Waals surface area contributed by atoms with E-state index in [2.05, 4.69) is 43.3 Å². The van der Waals surface area contributed by atoms with Crippen LogP contribution in [0.2, 0.25) is 0 Å². The molecule has 1 amide bonds. The number of hydrogen-bond acceptors (Lipinski definition) is 6. The molecular formula is C22H26N4O4. The van der Waals surface area contributed by atoms with E-state index in [0.29, 0.717) is 16.6 Å². The summed E-state index contributed by atoms with van der Waals surface area (Å²) in [5.74, 6) is -0.265. The highest BCUT2D eigenvalue weighted by atomic mass is 16.7. The number of esters is 1. The summed E-state index contributed by atoms with van der Waals surface area (Å²) in [5, 5.41) is 10.9. The van der Waals surface area contributed by atoms with Gasteiger partial charge in [0.2, 0.25) is 0 Å². The molecule has 30 heavy (non-hydrogen) atoms. The molecule has 0 radical (unpaired) electrons. The minimum atomic E-state index is -0.478. The number of methoxy groups -OCH3 is 1. The van der Waals surface area contributed by atoms with Crippen LogP contribution in [0.1, 0.15) is 61.0 Å². The summed E-state index contributed by atoms with van der Waals surface area (Å²) in [6, 6.07) is 10.8. The molecule has 0 atom stereocenters. The SMILES string of the molecule is COC(=O)c1ccc2nnn(OCC(=O)Nc3c(C(C)C)cccc3C(C)C)c2c1. The zero-order valence-electron chi connectivity index (χ0n) is 17.8. The number of carbonyl (C=O) groups excluding carboxylic acids is 2. The molecular weight excluding hydrogens is 384 g/mol. The number of carbonyl (C=O) groups is 2. The van der Waals surface area contributed by atoms with Crippen LogP contribution in [0.5, 0.6) is 0 Å². The Hall–Kier alpha value is -3.42. The second-order valence-corrected chi connectivity index (χ2v) is 7.60. The predicted molar refractivity (Wildman–Crippen MR) is 114 cm³/mol. The second-order valence-electron chi connectivity index (χ2n) is 7.60. The van der Waals surface area contributed by atoms with Crippen LogP contribution in [-0.4, -0.2) is 40.8 Å². The Balaban J connectivity index is 1.78. The largest absolute Gasteiger partial charge is 0.465 e. The van der Waals surface area contributed by atoms with Gasteiger partial charge in [-0.2, -0.15) is 0 Å². The maximum Gasteiger partial charge on any atom is 0.337 e. The molecule has 2 aromatic carbocycles. The van der Waals surface area contributed by atoms with Crippen molar-refractivity contribution in [2.24, 2.45) is 0 Å². The van der Waals surface area contributed by atoms with Gasteiger partial charge in [-0.05, 0) is 46.4 Å². The third-order valence-electron chi connectivity index (χ3n) is 4.79. The summed E-state index contributed by atoms with van der Waals surface area (Å²) in [6.07, 6.45) is 0. The lowest BCUT2D eigenvalue weighted by Gasteiger charge is -2.20. The van der Waals surface area contributed by atoms with E-state index in [1.54, 1.807) is 18.2 Å². The highest BCUT2D eigenvalue weighted by Gasteiger charge is 2.17. The Morgan fingerprint density at radius 2 is 1.73 bits per heavy atom. The van der Waals surface area contributed by atoms with E-state index in [4.69, 9.17) is 9.57 Å². The van der Waals surface area contributed by atoms with Crippen molar-refractivity contribution in [2.75, 3.05) is 19.0 Å². The summed E-state index contributed by atoms with van der Waals surface area (Å²) in [6.45, 7) is 8.10. The van der Waals surface area contributed by atoms with Crippen LogP contribution in [0.15, 0.2) is 36.4 Å². The van der Waals surface area contributed by atoms with Gasteiger partial charge < -0.3 is 14.9 Å². The molecule has 0 saturated heterocycles. The molecule has 0 saturated carbocycles. The first-order chi connectivity index (χ1) is 14.3. The van der Waals surface area contributed by atoms with E-state index in [-0.39, 0.29) is 24.3 Å². The molecule has 3 rings (SSSR count). The van der Waals surface area contributed by atoms with Gasteiger partial charge in [-0.25, -0.2) is 4.79 Å². The molecule has 1 N–H and O–H groups in total. The van der Waals surface area contributed by atoms with Crippen molar-refractivity contribution >= 4 is 28.6 Å². The predicted octanol–water partition coefficient (Wildman–Crippen LogP) is 3.53. The molecule has 3 aromatic rings. The van der Waals surface area contributed by atoms with Gasteiger partial charge in [0.1, 0.15) is 11.0 Å². The maximum absolute atomic E-state index is 12.6. The monoisotopic (exact) mass is 410 g/mol. The topological polar surface area (TPSA) is 95.3 Å². The van der Waals surface area contributed by atoms with Gasteiger partial charge in [0.25, 0.3) is 5.91 Å². The minimum absolute atomic E-state index is 0.259. The molecule has 0 bridgehead atoms. The van der Waals surface area contributed by atoms with E-state index >= 15 is 0 Å². The molecule has 0 fully saturated rings. The molecule has 8 nitrogen and oxygen atoms in total. The van der Waals surface area contributed by atoms with Crippen LogP contribution in [0.25, 0.3) is 11.0 Å². The van der Waals surface area contributed by atoms with Crippen molar-refractivity contribution in [3.63, 3.8) is 0 Å². The average molecular weight is 410 g/mol. The van der Waals surface area contributed by atoms with Gasteiger partial charge in [-0.1, -0.05) is 50.7 Å². The normalized spacial score (nSPS) is 11.2. The molecule has 0 unspecified atom stereocenters. The molecule has 0 aliphatic carbocycles. The number of amides is 1. The van der Waals surface area contributed by atoms with Crippen molar-refractivity contribution in [2.45, 2.75) is 39.5 Å². The highest BCUT2D eigenvalue weighted by molar-refractivity contribution is 5.94. The van der Waals surface area contributed by atoms with E-state index in [9.17, 15) is 9.59 Å². The van der Waals surface area contributed by atoms with E-state index in [1.807, 2.05) is 18.2 Å². The van der Waals surface area contributed by atoms with Crippen LogP contribution < -0.4 is 10.2 Å². The fourth-order valence-electron chi connectivity index (χ4n) is 3.23. The number of aromatic nitrogens is 3. The molecule has 0 aliphatic heterocycles. The highest BCUT2D eigenvalue weighted by Crippen LogP contribution is 2.32. The zero-order chi connectivity index (χ0) is 21.8. The van der Waals surface area contributed by atoms with E-state index < -0.39 is 5.97 Å². The zero-order valence-corrected chi connectivity index (χ0v) is 17.8. The first-order valence-corrected chi connectivity index (χ1v) is 9.81. The fourth-order valence-corrected chi connectivity index (χ4v) is 3.23. The van der Waals surface area contributed by atoms with E-state index in [1.165, 1.54) is 7.11 Å². The molecule has 1 heterocycles. The number of fused-ring (bicyclic) bond motifs is 1. The molecule has 1 aromatic heterocycles. The number of nitrogens with zero attached hydrogens (tertiary/aromatic N) is 3. The number of ether oxygens (including phenoxy) is 1. The lowest BCUT2D eigenvalue weighted by molar-refractivity contribution is -0.121. The number of rotatable bonds is 7.